The molecule has 2 N–H and O–H groups in total. The zero-order valence-electron chi connectivity index (χ0n) is 11.1. The van der Waals surface area contributed by atoms with Gasteiger partial charge < -0.3 is 10.5 Å². The Morgan fingerprint density at radius 3 is 2.82 bits per heavy atom. The third kappa shape index (κ3) is 3.19. The van der Waals surface area contributed by atoms with Crippen LogP contribution in [0.1, 0.15) is 5.56 Å². The maximum absolute atomic E-state index is 11.1. The quantitative estimate of drug-likeness (QED) is 0.390. The first-order valence-electron chi connectivity index (χ1n) is 5.69. The Hall–Kier alpha value is -2.57. The fourth-order valence-corrected chi connectivity index (χ4v) is 2.04. The van der Waals surface area contributed by atoms with Gasteiger partial charge >= 0.3 is 11.6 Å². The summed E-state index contributed by atoms with van der Waals surface area (Å²) in [4.78, 5) is 18.1. The fraction of sp³-hybridized carbons (Fsp3) is 0.0833. The normalized spacial score (nSPS) is 10.0. The molecule has 1 aromatic carbocycles. The zero-order chi connectivity index (χ0) is 16.3. The van der Waals surface area contributed by atoms with E-state index in [1.165, 1.54) is 18.2 Å². The zero-order valence-corrected chi connectivity index (χ0v) is 12.7. The Morgan fingerprint density at radius 2 is 2.23 bits per heavy atom. The fourth-order valence-electron chi connectivity index (χ4n) is 1.52. The van der Waals surface area contributed by atoms with Gasteiger partial charge in [-0.3, -0.25) is 10.1 Å². The van der Waals surface area contributed by atoms with Gasteiger partial charge in [-0.15, -0.1) is 0 Å². The van der Waals surface area contributed by atoms with Crippen LogP contribution in [0, 0.1) is 21.4 Å². The van der Waals surface area contributed by atoms with Crippen molar-refractivity contribution in [3.63, 3.8) is 0 Å². The highest BCUT2D eigenvalue weighted by atomic mass is 35.5. The van der Waals surface area contributed by atoms with Crippen molar-refractivity contribution in [2.75, 3.05) is 12.0 Å². The van der Waals surface area contributed by atoms with Crippen LogP contribution < -0.4 is 10.5 Å². The number of thioether (sulfide) groups is 1. The molecule has 0 atom stereocenters. The summed E-state index contributed by atoms with van der Waals surface area (Å²) in [5.41, 5.74) is 5.30. The van der Waals surface area contributed by atoms with Crippen LogP contribution in [0.2, 0.25) is 5.02 Å². The predicted molar refractivity (Wildman–Crippen MR) is 81.1 cm³/mol. The second-order valence-electron chi connectivity index (χ2n) is 3.87. The van der Waals surface area contributed by atoms with Crippen molar-refractivity contribution in [1.82, 2.24) is 9.97 Å². The highest BCUT2D eigenvalue weighted by Gasteiger charge is 2.25. The molecule has 8 nitrogen and oxygen atoms in total. The van der Waals surface area contributed by atoms with Gasteiger partial charge in [0.05, 0.1) is 21.6 Å². The van der Waals surface area contributed by atoms with Crippen LogP contribution >= 0.6 is 23.4 Å². The van der Waals surface area contributed by atoms with Crippen LogP contribution in [-0.4, -0.2) is 21.1 Å². The second kappa shape index (κ2) is 6.46. The molecule has 0 saturated carbocycles. The number of anilines is 1. The van der Waals surface area contributed by atoms with Crippen LogP contribution in [0.25, 0.3) is 0 Å². The summed E-state index contributed by atoms with van der Waals surface area (Å²) >= 11 is 7.11. The summed E-state index contributed by atoms with van der Waals surface area (Å²) in [6.45, 7) is 0. The number of nitro groups is 1. The van der Waals surface area contributed by atoms with Crippen LogP contribution in [0.5, 0.6) is 11.6 Å². The highest BCUT2D eigenvalue weighted by molar-refractivity contribution is 7.98. The van der Waals surface area contributed by atoms with Crippen molar-refractivity contribution in [3.05, 3.63) is 38.9 Å². The topological polar surface area (TPSA) is 128 Å². The molecule has 0 aliphatic carbocycles. The van der Waals surface area contributed by atoms with Crippen molar-refractivity contribution >= 4 is 34.9 Å². The van der Waals surface area contributed by atoms with Gasteiger partial charge in [0.25, 0.3) is 0 Å². The van der Waals surface area contributed by atoms with E-state index < -0.39 is 10.6 Å². The van der Waals surface area contributed by atoms with Gasteiger partial charge in [-0.1, -0.05) is 23.4 Å². The van der Waals surface area contributed by atoms with E-state index in [2.05, 4.69) is 9.97 Å². The van der Waals surface area contributed by atoms with Crippen molar-refractivity contribution in [2.45, 2.75) is 5.16 Å². The molecule has 0 bridgehead atoms. The standard InChI is InChI=1S/C12H8ClN5O3S/c1-22-12-16-10(15)9(18(19)20)11(17-12)21-8-4-6(5-14)2-3-7(8)13/h2-4H,1H3,(H2,15,16,17). The van der Waals surface area contributed by atoms with Gasteiger partial charge in [-0.25, -0.2) is 0 Å². The summed E-state index contributed by atoms with van der Waals surface area (Å²) in [5, 5.41) is 20.4. The lowest BCUT2D eigenvalue weighted by atomic mass is 10.2. The molecule has 112 valence electrons. The summed E-state index contributed by atoms with van der Waals surface area (Å²) in [6.07, 6.45) is 1.69. The number of nitrogens with zero attached hydrogens (tertiary/aromatic N) is 4. The molecule has 0 amide bonds. The molecule has 0 saturated heterocycles. The Bertz CT molecular complexity index is 793. The third-order valence-electron chi connectivity index (χ3n) is 2.49. The molecule has 0 aliphatic rings. The molecule has 2 rings (SSSR count). The van der Waals surface area contributed by atoms with Crippen LogP contribution in [-0.2, 0) is 0 Å². The number of ether oxygens (including phenoxy) is 1. The maximum atomic E-state index is 11.1. The van der Waals surface area contributed by atoms with E-state index in [1.807, 2.05) is 6.07 Å². The molecule has 0 spiro atoms. The molecule has 1 aromatic heterocycles. The van der Waals surface area contributed by atoms with Gasteiger partial charge in [-0.2, -0.15) is 15.2 Å². The minimum Gasteiger partial charge on any atom is -0.432 e. The van der Waals surface area contributed by atoms with E-state index in [0.717, 1.165) is 11.8 Å². The minimum absolute atomic E-state index is 0.0639. The van der Waals surface area contributed by atoms with E-state index in [1.54, 1.807) is 6.26 Å². The molecule has 22 heavy (non-hydrogen) atoms. The van der Waals surface area contributed by atoms with Gasteiger partial charge in [0.1, 0.15) is 5.75 Å². The number of benzene rings is 1. The number of rotatable bonds is 4. The lowest BCUT2D eigenvalue weighted by molar-refractivity contribution is -0.385. The SMILES string of the molecule is CSc1nc(N)c([N+](=O)[O-])c(Oc2cc(C#N)ccc2Cl)n1. The third-order valence-corrected chi connectivity index (χ3v) is 3.35. The number of halogens is 1. The first kappa shape index (κ1) is 15.8. The van der Waals surface area contributed by atoms with Crippen LogP contribution in [0.3, 0.4) is 0 Å². The van der Waals surface area contributed by atoms with E-state index >= 15 is 0 Å². The van der Waals surface area contributed by atoms with Crippen molar-refractivity contribution in [3.8, 4) is 17.7 Å². The first-order chi connectivity index (χ1) is 10.5. The summed E-state index contributed by atoms with van der Waals surface area (Å²) in [7, 11) is 0. The molecule has 2 aromatic rings. The molecular formula is C12H8ClN5O3S. The minimum atomic E-state index is -0.739. The van der Waals surface area contributed by atoms with E-state index in [0.29, 0.717) is 0 Å². The van der Waals surface area contributed by atoms with Gasteiger partial charge in [0.15, 0.2) is 5.16 Å². The van der Waals surface area contributed by atoms with Crippen LogP contribution in [0.4, 0.5) is 11.5 Å². The molecule has 0 radical (unpaired) electrons. The Kier molecular flexibility index (Phi) is 4.65. The van der Waals surface area contributed by atoms with Crippen LogP contribution in [0.15, 0.2) is 23.4 Å². The van der Waals surface area contributed by atoms with Crippen molar-refractivity contribution < 1.29 is 9.66 Å². The highest BCUT2D eigenvalue weighted by Crippen LogP contribution is 2.37. The lowest BCUT2D eigenvalue weighted by Crippen LogP contribution is -2.05. The molecule has 0 aliphatic heterocycles. The molecule has 0 fully saturated rings. The summed E-state index contributed by atoms with van der Waals surface area (Å²) < 4.78 is 5.40. The molecule has 0 unspecified atom stereocenters. The summed E-state index contributed by atoms with van der Waals surface area (Å²) in [6, 6.07) is 6.20. The number of nitriles is 1. The van der Waals surface area contributed by atoms with Gasteiger partial charge in [0, 0.05) is 6.07 Å². The lowest BCUT2D eigenvalue weighted by Gasteiger charge is -2.09. The Morgan fingerprint density at radius 1 is 1.50 bits per heavy atom. The van der Waals surface area contributed by atoms with Crippen molar-refractivity contribution in [1.29, 1.82) is 5.26 Å². The van der Waals surface area contributed by atoms with Gasteiger partial charge in [0.2, 0.25) is 5.82 Å². The van der Waals surface area contributed by atoms with Gasteiger partial charge in [-0.05, 0) is 18.4 Å². The number of aromatic nitrogens is 2. The predicted octanol–water partition coefficient (Wildman–Crippen LogP) is 3.01. The number of nitrogens with two attached hydrogens (primary N) is 1. The average molecular weight is 338 g/mol. The Labute approximate surface area is 134 Å². The van der Waals surface area contributed by atoms with E-state index in [4.69, 9.17) is 27.3 Å². The molecular weight excluding hydrogens is 330 g/mol. The maximum Gasteiger partial charge on any atom is 0.373 e. The van der Waals surface area contributed by atoms with Crippen molar-refractivity contribution in [2.24, 2.45) is 0 Å². The number of nitrogen functional groups attached to an aromatic ring is 1. The molecule has 1 heterocycles. The molecule has 10 heteroatoms. The van der Waals surface area contributed by atoms with E-state index in [9.17, 15) is 10.1 Å². The largest absolute Gasteiger partial charge is 0.432 e. The average Bonchev–Trinajstić information content (AvgIpc) is 2.48. The number of hydrogen-bond acceptors (Lipinski definition) is 8. The number of hydrogen-bond donors (Lipinski definition) is 1. The second-order valence-corrected chi connectivity index (χ2v) is 5.05. The Balaban J connectivity index is 2.55. The first-order valence-corrected chi connectivity index (χ1v) is 7.30. The summed E-state index contributed by atoms with van der Waals surface area (Å²) in [5.74, 6) is -0.584. The smallest absolute Gasteiger partial charge is 0.373 e. The van der Waals surface area contributed by atoms with E-state index in [-0.39, 0.29) is 33.2 Å². The monoisotopic (exact) mass is 337 g/mol.